The van der Waals surface area contributed by atoms with Crippen molar-refractivity contribution in [2.75, 3.05) is 0 Å². The zero-order valence-electron chi connectivity index (χ0n) is 11.4. The van der Waals surface area contributed by atoms with E-state index in [1.54, 1.807) is 13.2 Å². The van der Waals surface area contributed by atoms with E-state index < -0.39 is 5.97 Å². The van der Waals surface area contributed by atoms with Crippen LogP contribution in [-0.4, -0.2) is 20.9 Å². The first-order chi connectivity index (χ1) is 9.02. The molecule has 100 valence electrons. The Labute approximate surface area is 112 Å². The van der Waals surface area contributed by atoms with Gasteiger partial charge in [-0.25, -0.2) is 4.79 Å². The number of hydrogen-bond donors (Lipinski definition) is 1. The quantitative estimate of drug-likeness (QED) is 0.915. The van der Waals surface area contributed by atoms with Gasteiger partial charge in [-0.15, -0.1) is 0 Å². The molecule has 2 aromatic rings. The molecule has 0 spiro atoms. The molecule has 1 atom stereocenters. The number of rotatable bonds is 4. The summed E-state index contributed by atoms with van der Waals surface area (Å²) < 4.78 is 1.53. The summed E-state index contributed by atoms with van der Waals surface area (Å²) in [6, 6.07) is 8.04. The van der Waals surface area contributed by atoms with Crippen LogP contribution in [0.5, 0.6) is 0 Å². The molecule has 1 N–H and O–H groups in total. The second-order valence-corrected chi connectivity index (χ2v) is 4.80. The van der Waals surface area contributed by atoms with Crippen LogP contribution in [0.1, 0.15) is 42.2 Å². The number of carbonyl (C=O) groups is 1. The van der Waals surface area contributed by atoms with Crippen LogP contribution < -0.4 is 0 Å². The Bertz CT molecular complexity index is 585. The maximum absolute atomic E-state index is 11.2. The van der Waals surface area contributed by atoms with E-state index in [4.69, 9.17) is 5.11 Å². The largest absolute Gasteiger partial charge is 0.476 e. The highest BCUT2D eigenvalue weighted by Gasteiger charge is 2.16. The number of carboxylic acids is 1. The summed E-state index contributed by atoms with van der Waals surface area (Å²) in [6.07, 6.45) is 2.83. The summed E-state index contributed by atoms with van der Waals surface area (Å²) in [6.45, 7) is 4.34. The van der Waals surface area contributed by atoms with Crippen LogP contribution >= 0.6 is 0 Å². The van der Waals surface area contributed by atoms with E-state index in [-0.39, 0.29) is 5.69 Å². The first-order valence-electron chi connectivity index (χ1n) is 6.40. The average Bonchev–Trinajstić information content (AvgIpc) is 2.80. The summed E-state index contributed by atoms with van der Waals surface area (Å²) in [7, 11) is 1.73. The van der Waals surface area contributed by atoms with E-state index in [1.807, 2.05) is 12.1 Å². The van der Waals surface area contributed by atoms with Crippen LogP contribution in [0.3, 0.4) is 0 Å². The summed E-state index contributed by atoms with van der Waals surface area (Å²) in [5.74, 6) is -0.483. The fourth-order valence-electron chi connectivity index (χ4n) is 2.08. The van der Waals surface area contributed by atoms with Crippen LogP contribution in [-0.2, 0) is 7.05 Å². The molecule has 19 heavy (non-hydrogen) atoms. The zero-order valence-corrected chi connectivity index (χ0v) is 11.4. The zero-order chi connectivity index (χ0) is 14.0. The third kappa shape index (κ3) is 2.67. The minimum atomic E-state index is -0.999. The molecular formula is C15H18N2O2. The third-order valence-corrected chi connectivity index (χ3v) is 3.43. The number of nitrogens with zero attached hydrogens (tertiary/aromatic N) is 2. The molecule has 1 aromatic carbocycles. The lowest BCUT2D eigenvalue weighted by molar-refractivity contribution is 0.0690. The number of hydrogen-bond acceptors (Lipinski definition) is 2. The standard InChI is InChI=1S/C15H18N2O2/c1-4-10(2)11-5-7-12(8-6-11)13-9-17(3)16-14(13)15(18)19/h5-10H,4H2,1-3H3,(H,18,19)/t10-/m0/s1. The fourth-order valence-corrected chi connectivity index (χ4v) is 2.08. The Morgan fingerprint density at radius 2 is 2.00 bits per heavy atom. The topological polar surface area (TPSA) is 55.1 Å². The smallest absolute Gasteiger partial charge is 0.357 e. The van der Waals surface area contributed by atoms with E-state index in [9.17, 15) is 4.79 Å². The Morgan fingerprint density at radius 1 is 1.37 bits per heavy atom. The molecule has 0 aliphatic heterocycles. The van der Waals surface area contributed by atoms with Crippen molar-refractivity contribution in [1.29, 1.82) is 0 Å². The first kappa shape index (κ1) is 13.3. The van der Waals surface area contributed by atoms with Gasteiger partial charge in [0.15, 0.2) is 5.69 Å². The van der Waals surface area contributed by atoms with Crippen LogP contribution in [0.25, 0.3) is 11.1 Å². The predicted octanol–water partition coefficient (Wildman–Crippen LogP) is 3.30. The SMILES string of the molecule is CC[C@H](C)c1ccc(-c2cn(C)nc2C(=O)O)cc1. The molecule has 0 aliphatic rings. The minimum absolute atomic E-state index is 0.0961. The first-order valence-corrected chi connectivity index (χ1v) is 6.40. The van der Waals surface area contributed by atoms with Crippen molar-refractivity contribution in [3.63, 3.8) is 0 Å². The van der Waals surface area contributed by atoms with Crippen molar-refractivity contribution in [3.8, 4) is 11.1 Å². The van der Waals surface area contributed by atoms with Crippen molar-refractivity contribution >= 4 is 5.97 Å². The van der Waals surface area contributed by atoms with Gasteiger partial charge < -0.3 is 5.11 Å². The Hall–Kier alpha value is -2.10. The molecule has 0 saturated heterocycles. The normalized spacial score (nSPS) is 12.4. The van der Waals surface area contributed by atoms with E-state index >= 15 is 0 Å². The van der Waals surface area contributed by atoms with Crippen molar-refractivity contribution in [3.05, 3.63) is 41.7 Å². The molecule has 4 heteroatoms. The molecule has 0 radical (unpaired) electrons. The average molecular weight is 258 g/mol. The highest BCUT2D eigenvalue weighted by atomic mass is 16.4. The van der Waals surface area contributed by atoms with Gasteiger partial charge in [-0.1, -0.05) is 38.1 Å². The van der Waals surface area contributed by atoms with Crippen molar-refractivity contribution in [2.45, 2.75) is 26.2 Å². The second kappa shape index (κ2) is 5.26. The van der Waals surface area contributed by atoms with E-state index in [2.05, 4.69) is 31.1 Å². The number of aryl methyl sites for hydroxylation is 1. The van der Waals surface area contributed by atoms with Gasteiger partial charge in [-0.05, 0) is 23.5 Å². The van der Waals surface area contributed by atoms with Gasteiger partial charge in [0.1, 0.15) is 0 Å². The molecule has 1 heterocycles. The van der Waals surface area contributed by atoms with Gasteiger partial charge in [0.05, 0.1) is 0 Å². The molecule has 4 nitrogen and oxygen atoms in total. The number of aromatic nitrogens is 2. The highest BCUT2D eigenvalue weighted by molar-refractivity contribution is 5.93. The van der Waals surface area contributed by atoms with Gasteiger partial charge in [-0.3, -0.25) is 4.68 Å². The lowest BCUT2D eigenvalue weighted by Gasteiger charge is -2.09. The maximum atomic E-state index is 11.2. The summed E-state index contributed by atoms with van der Waals surface area (Å²) in [4.78, 5) is 11.2. The Morgan fingerprint density at radius 3 is 2.53 bits per heavy atom. The molecule has 2 rings (SSSR count). The van der Waals surface area contributed by atoms with Crippen molar-refractivity contribution in [1.82, 2.24) is 9.78 Å². The lowest BCUT2D eigenvalue weighted by atomic mass is 9.96. The van der Waals surface area contributed by atoms with Gasteiger partial charge in [-0.2, -0.15) is 5.10 Å². The molecule has 0 fully saturated rings. The van der Waals surface area contributed by atoms with Crippen molar-refractivity contribution in [2.24, 2.45) is 7.05 Å². The van der Waals surface area contributed by atoms with Gasteiger partial charge in [0.25, 0.3) is 0 Å². The van der Waals surface area contributed by atoms with Crippen LogP contribution in [0.4, 0.5) is 0 Å². The van der Waals surface area contributed by atoms with Crippen LogP contribution in [0.2, 0.25) is 0 Å². The second-order valence-electron chi connectivity index (χ2n) is 4.80. The van der Waals surface area contributed by atoms with Gasteiger partial charge in [0.2, 0.25) is 0 Å². The molecule has 0 aliphatic carbocycles. The Kier molecular flexibility index (Phi) is 3.69. The van der Waals surface area contributed by atoms with E-state index in [0.29, 0.717) is 11.5 Å². The van der Waals surface area contributed by atoms with Crippen LogP contribution in [0.15, 0.2) is 30.5 Å². The predicted molar refractivity (Wildman–Crippen MR) is 74.3 cm³/mol. The summed E-state index contributed by atoms with van der Waals surface area (Å²) in [5, 5.41) is 13.1. The number of aromatic carboxylic acids is 1. The molecular weight excluding hydrogens is 240 g/mol. The fraction of sp³-hybridized carbons (Fsp3) is 0.333. The maximum Gasteiger partial charge on any atom is 0.357 e. The Balaban J connectivity index is 2.40. The van der Waals surface area contributed by atoms with Crippen LogP contribution in [0, 0.1) is 0 Å². The highest BCUT2D eigenvalue weighted by Crippen LogP contribution is 2.26. The summed E-state index contributed by atoms with van der Waals surface area (Å²) >= 11 is 0. The minimum Gasteiger partial charge on any atom is -0.476 e. The third-order valence-electron chi connectivity index (χ3n) is 3.43. The lowest BCUT2D eigenvalue weighted by Crippen LogP contribution is -2.00. The molecule has 0 amide bonds. The number of carboxylic acid groups (broad SMARTS) is 1. The molecule has 1 aromatic heterocycles. The number of benzene rings is 1. The van der Waals surface area contributed by atoms with E-state index in [0.717, 1.165) is 12.0 Å². The molecule has 0 saturated carbocycles. The molecule has 0 unspecified atom stereocenters. The van der Waals surface area contributed by atoms with Crippen molar-refractivity contribution < 1.29 is 9.90 Å². The monoisotopic (exact) mass is 258 g/mol. The van der Waals surface area contributed by atoms with Gasteiger partial charge in [0, 0.05) is 18.8 Å². The summed E-state index contributed by atoms with van der Waals surface area (Å²) in [5.41, 5.74) is 2.91. The molecule has 0 bridgehead atoms. The van der Waals surface area contributed by atoms with Gasteiger partial charge >= 0.3 is 5.97 Å². The van der Waals surface area contributed by atoms with E-state index in [1.165, 1.54) is 10.2 Å².